The second-order valence-electron chi connectivity index (χ2n) is 5.67. The van der Waals surface area contributed by atoms with Gasteiger partial charge in [0.05, 0.1) is 5.92 Å². The van der Waals surface area contributed by atoms with E-state index in [4.69, 9.17) is 0 Å². The van der Waals surface area contributed by atoms with Crippen LogP contribution in [0, 0.1) is 19.8 Å². The second kappa shape index (κ2) is 6.07. The molecule has 1 unspecified atom stereocenters. The monoisotopic (exact) mass is 274 g/mol. The average molecular weight is 274 g/mol. The normalized spacial score (nSPS) is 18.8. The number of carbonyl (C=O) groups excluding carboxylic acids is 2. The summed E-state index contributed by atoms with van der Waals surface area (Å²) in [5.74, 6) is -0.0386. The number of nitrogens with one attached hydrogen (secondary N) is 1. The van der Waals surface area contributed by atoms with Crippen LogP contribution in [-0.4, -0.2) is 29.8 Å². The number of aryl methyl sites for hydroxylation is 2. The summed E-state index contributed by atoms with van der Waals surface area (Å²) in [6.07, 6.45) is 1.74. The van der Waals surface area contributed by atoms with Gasteiger partial charge in [-0.15, -0.1) is 0 Å². The van der Waals surface area contributed by atoms with E-state index in [0.717, 1.165) is 36.2 Å². The minimum absolute atomic E-state index is 0.0148. The van der Waals surface area contributed by atoms with Crippen LogP contribution in [0.3, 0.4) is 0 Å². The summed E-state index contributed by atoms with van der Waals surface area (Å²) in [5.41, 5.74) is 3.11. The van der Waals surface area contributed by atoms with Crippen LogP contribution in [0.5, 0.6) is 0 Å². The maximum Gasteiger partial charge on any atom is 0.229 e. The Morgan fingerprint density at radius 3 is 2.45 bits per heavy atom. The van der Waals surface area contributed by atoms with Gasteiger partial charge < -0.3 is 10.2 Å². The van der Waals surface area contributed by atoms with Crippen molar-refractivity contribution in [2.45, 2.75) is 33.6 Å². The highest BCUT2D eigenvalue weighted by Gasteiger charge is 2.26. The van der Waals surface area contributed by atoms with E-state index in [1.54, 1.807) is 11.8 Å². The Morgan fingerprint density at radius 1 is 1.20 bits per heavy atom. The predicted octanol–water partition coefficient (Wildman–Crippen LogP) is 2.50. The molecule has 0 aromatic heterocycles. The van der Waals surface area contributed by atoms with Crippen molar-refractivity contribution in [2.24, 2.45) is 5.92 Å². The predicted molar refractivity (Wildman–Crippen MR) is 79.5 cm³/mol. The largest absolute Gasteiger partial charge is 0.342 e. The van der Waals surface area contributed by atoms with Gasteiger partial charge in [0.25, 0.3) is 0 Å². The number of amides is 2. The second-order valence-corrected chi connectivity index (χ2v) is 5.67. The fourth-order valence-corrected chi connectivity index (χ4v) is 2.77. The van der Waals surface area contributed by atoms with Crippen LogP contribution < -0.4 is 5.32 Å². The van der Waals surface area contributed by atoms with Gasteiger partial charge in [0.2, 0.25) is 11.8 Å². The lowest BCUT2D eigenvalue weighted by atomic mass is 9.97. The molecule has 1 aliphatic heterocycles. The summed E-state index contributed by atoms with van der Waals surface area (Å²) in [6, 6.07) is 6.01. The maximum absolute atomic E-state index is 12.3. The molecule has 0 aliphatic carbocycles. The van der Waals surface area contributed by atoms with E-state index in [-0.39, 0.29) is 17.7 Å². The van der Waals surface area contributed by atoms with Crippen LogP contribution in [0.2, 0.25) is 0 Å². The number of piperidine rings is 1. The lowest BCUT2D eigenvalue weighted by molar-refractivity contribution is -0.132. The molecule has 2 amide bonds. The standard InChI is InChI=1S/C16H22N2O2/c1-11-7-12(2)9-15(8-11)17-16(20)14-5-4-6-18(10-14)13(3)19/h7-9,14H,4-6,10H2,1-3H3,(H,17,20). The zero-order valence-corrected chi connectivity index (χ0v) is 12.4. The molecule has 4 nitrogen and oxygen atoms in total. The third-order valence-corrected chi connectivity index (χ3v) is 3.73. The van der Waals surface area contributed by atoms with Gasteiger partial charge in [-0.05, 0) is 49.9 Å². The molecule has 2 rings (SSSR count). The van der Waals surface area contributed by atoms with Crippen molar-refractivity contribution < 1.29 is 9.59 Å². The molecule has 0 bridgehead atoms. The van der Waals surface area contributed by atoms with Crippen molar-refractivity contribution in [3.05, 3.63) is 29.3 Å². The molecule has 4 heteroatoms. The highest BCUT2D eigenvalue weighted by atomic mass is 16.2. The summed E-state index contributed by atoms with van der Waals surface area (Å²) < 4.78 is 0. The number of hydrogen-bond donors (Lipinski definition) is 1. The summed E-state index contributed by atoms with van der Waals surface area (Å²) in [6.45, 7) is 6.89. The quantitative estimate of drug-likeness (QED) is 0.900. The Balaban J connectivity index is 2.02. The van der Waals surface area contributed by atoms with Gasteiger partial charge in [-0.3, -0.25) is 9.59 Å². The molecule has 1 atom stereocenters. The number of likely N-dealkylation sites (tertiary alicyclic amines) is 1. The van der Waals surface area contributed by atoms with E-state index < -0.39 is 0 Å². The van der Waals surface area contributed by atoms with Crippen LogP contribution in [0.4, 0.5) is 5.69 Å². The fourth-order valence-electron chi connectivity index (χ4n) is 2.77. The number of anilines is 1. The van der Waals surface area contributed by atoms with Gasteiger partial charge in [0.1, 0.15) is 0 Å². The number of benzene rings is 1. The lowest BCUT2D eigenvalue weighted by Gasteiger charge is -2.31. The molecule has 1 N–H and O–H groups in total. The molecule has 108 valence electrons. The van der Waals surface area contributed by atoms with Crippen molar-refractivity contribution in [1.29, 1.82) is 0 Å². The van der Waals surface area contributed by atoms with E-state index >= 15 is 0 Å². The average Bonchev–Trinajstić information content (AvgIpc) is 2.37. The molecule has 0 spiro atoms. The number of rotatable bonds is 2. The smallest absolute Gasteiger partial charge is 0.229 e. The minimum atomic E-state index is -0.103. The topological polar surface area (TPSA) is 49.4 Å². The Labute approximate surface area is 120 Å². The van der Waals surface area contributed by atoms with Crippen molar-refractivity contribution >= 4 is 17.5 Å². The zero-order valence-electron chi connectivity index (χ0n) is 12.4. The van der Waals surface area contributed by atoms with Gasteiger partial charge in [0, 0.05) is 25.7 Å². The maximum atomic E-state index is 12.3. The van der Waals surface area contributed by atoms with Crippen LogP contribution >= 0.6 is 0 Å². The molecule has 0 saturated carbocycles. The third kappa shape index (κ3) is 3.59. The number of carbonyl (C=O) groups is 2. The molecular weight excluding hydrogens is 252 g/mol. The van der Waals surface area contributed by atoms with Crippen LogP contribution in [0.25, 0.3) is 0 Å². The van der Waals surface area contributed by atoms with E-state index in [2.05, 4.69) is 11.4 Å². The van der Waals surface area contributed by atoms with E-state index in [0.29, 0.717) is 6.54 Å². The van der Waals surface area contributed by atoms with Gasteiger partial charge in [-0.25, -0.2) is 0 Å². The van der Waals surface area contributed by atoms with Gasteiger partial charge >= 0.3 is 0 Å². The molecule has 20 heavy (non-hydrogen) atoms. The first kappa shape index (κ1) is 14.6. The van der Waals surface area contributed by atoms with Crippen molar-refractivity contribution in [1.82, 2.24) is 4.90 Å². The number of nitrogens with zero attached hydrogens (tertiary/aromatic N) is 1. The summed E-state index contributed by atoms with van der Waals surface area (Å²) in [7, 11) is 0. The summed E-state index contributed by atoms with van der Waals surface area (Å²) >= 11 is 0. The minimum Gasteiger partial charge on any atom is -0.342 e. The van der Waals surface area contributed by atoms with Crippen LogP contribution in [-0.2, 0) is 9.59 Å². The molecule has 1 heterocycles. The van der Waals surface area contributed by atoms with Crippen LogP contribution in [0.15, 0.2) is 18.2 Å². The van der Waals surface area contributed by atoms with Gasteiger partial charge in [-0.1, -0.05) is 6.07 Å². The zero-order chi connectivity index (χ0) is 14.7. The van der Waals surface area contributed by atoms with E-state index in [1.165, 1.54) is 0 Å². The SMILES string of the molecule is CC(=O)N1CCCC(C(=O)Nc2cc(C)cc(C)c2)C1. The first-order chi connectivity index (χ1) is 9.45. The molecule has 0 radical (unpaired) electrons. The van der Waals surface area contributed by atoms with E-state index in [1.807, 2.05) is 26.0 Å². The summed E-state index contributed by atoms with van der Waals surface area (Å²) in [5, 5.41) is 2.98. The molecule has 1 fully saturated rings. The molecule has 1 aromatic carbocycles. The van der Waals surface area contributed by atoms with E-state index in [9.17, 15) is 9.59 Å². The fraction of sp³-hybridized carbons (Fsp3) is 0.500. The number of hydrogen-bond acceptors (Lipinski definition) is 2. The van der Waals surface area contributed by atoms with Crippen LogP contribution in [0.1, 0.15) is 30.9 Å². The molecule has 1 saturated heterocycles. The Kier molecular flexibility index (Phi) is 4.42. The Hall–Kier alpha value is -1.84. The highest BCUT2D eigenvalue weighted by Crippen LogP contribution is 2.20. The lowest BCUT2D eigenvalue weighted by Crippen LogP contribution is -2.42. The highest BCUT2D eigenvalue weighted by molar-refractivity contribution is 5.93. The van der Waals surface area contributed by atoms with Crippen molar-refractivity contribution in [2.75, 3.05) is 18.4 Å². The molecular formula is C16H22N2O2. The Morgan fingerprint density at radius 2 is 1.85 bits per heavy atom. The van der Waals surface area contributed by atoms with Crippen molar-refractivity contribution in [3.8, 4) is 0 Å². The third-order valence-electron chi connectivity index (χ3n) is 3.73. The van der Waals surface area contributed by atoms with Crippen molar-refractivity contribution in [3.63, 3.8) is 0 Å². The first-order valence-electron chi connectivity index (χ1n) is 7.10. The molecule has 1 aliphatic rings. The molecule has 1 aromatic rings. The van der Waals surface area contributed by atoms with Gasteiger partial charge in [0.15, 0.2) is 0 Å². The summed E-state index contributed by atoms with van der Waals surface area (Å²) in [4.78, 5) is 25.5. The van der Waals surface area contributed by atoms with Gasteiger partial charge in [-0.2, -0.15) is 0 Å². The Bertz CT molecular complexity index is 505. The first-order valence-corrected chi connectivity index (χ1v) is 7.10.